The summed E-state index contributed by atoms with van der Waals surface area (Å²) in [5.41, 5.74) is 0.109. The number of carbonyl (C=O) groups is 3. The predicted molar refractivity (Wildman–Crippen MR) is 214 cm³/mol. The van der Waals surface area contributed by atoms with Crippen LogP contribution in [-0.2, 0) is 32.2 Å². The summed E-state index contributed by atoms with van der Waals surface area (Å²) in [5, 5.41) is 0.844. The van der Waals surface area contributed by atoms with Gasteiger partial charge in [-0.3, -0.25) is 9.69 Å². The normalized spacial score (nSPS) is 18.4. The fourth-order valence-corrected chi connectivity index (χ4v) is 8.27. The maximum atomic E-state index is 15.2. The van der Waals surface area contributed by atoms with Gasteiger partial charge in [0, 0.05) is 37.4 Å². The summed E-state index contributed by atoms with van der Waals surface area (Å²) in [6, 6.07) is 5.59. The largest absolute Gasteiger partial charge is 0.486 e. The number of benzene rings is 2. The summed E-state index contributed by atoms with van der Waals surface area (Å²) in [7, 11) is 0. The Morgan fingerprint density at radius 1 is 0.912 bits per heavy atom. The number of fused-ring (bicyclic) bond motifs is 2. The van der Waals surface area contributed by atoms with Crippen LogP contribution in [0.1, 0.15) is 76.3 Å². The van der Waals surface area contributed by atoms with Gasteiger partial charge >= 0.3 is 12.2 Å². The van der Waals surface area contributed by atoms with E-state index >= 15 is 4.79 Å². The molecule has 2 bridgehead atoms. The molecule has 3 amide bonds. The summed E-state index contributed by atoms with van der Waals surface area (Å²) in [6.07, 6.45) is 2.30. The van der Waals surface area contributed by atoms with Gasteiger partial charge in [0.25, 0.3) is 5.91 Å². The van der Waals surface area contributed by atoms with Crippen LogP contribution in [0, 0.1) is 11.6 Å². The first-order valence-electron chi connectivity index (χ1n) is 18.6. The summed E-state index contributed by atoms with van der Waals surface area (Å²) < 4.78 is 50.7. The average molecular weight is 870 g/mol. The van der Waals surface area contributed by atoms with Crippen molar-refractivity contribution in [3.05, 3.63) is 84.3 Å². The highest BCUT2D eigenvalue weighted by Crippen LogP contribution is 2.44. The van der Waals surface area contributed by atoms with Crippen LogP contribution >= 0.6 is 46.1 Å². The highest BCUT2D eigenvalue weighted by molar-refractivity contribution is 7.12. The molecule has 1 aliphatic carbocycles. The van der Waals surface area contributed by atoms with E-state index in [1.807, 2.05) is 6.07 Å². The smallest absolute Gasteiger partial charge is 0.411 e. The second-order valence-electron chi connectivity index (χ2n) is 16.1. The molecule has 3 aliphatic rings. The van der Waals surface area contributed by atoms with Gasteiger partial charge in [0.2, 0.25) is 0 Å². The minimum Gasteiger partial charge on any atom is -0.486 e. The molecule has 0 spiro atoms. The fourth-order valence-electron chi connectivity index (χ4n) is 6.76. The van der Waals surface area contributed by atoms with Crippen LogP contribution < -0.4 is 4.74 Å². The molecule has 308 valence electrons. The lowest BCUT2D eigenvalue weighted by Gasteiger charge is -2.51. The van der Waals surface area contributed by atoms with Crippen LogP contribution in [0.15, 0.2) is 42.1 Å². The number of carbonyl (C=O) groups excluding carboxylic acids is 3. The van der Waals surface area contributed by atoms with Crippen LogP contribution in [-0.4, -0.2) is 93.4 Å². The van der Waals surface area contributed by atoms with Crippen LogP contribution in [0.3, 0.4) is 0 Å². The lowest BCUT2D eigenvalue weighted by molar-refractivity contribution is -0.129. The van der Waals surface area contributed by atoms with Gasteiger partial charge in [-0.25, -0.2) is 23.4 Å². The Kier molecular flexibility index (Phi) is 13.0. The molecule has 11 nitrogen and oxygen atoms in total. The molecule has 1 aromatic heterocycles. The van der Waals surface area contributed by atoms with Crippen molar-refractivity contribution in [2.75, 3.05) is 26.3 Å². The number of hydrogen-bond acceptors (Lipinski definition) is 9. The Hall–Kier alpha value is -3.69. The van der Waals surface area contributed by atoms with Crippen molar-refractivity contribution >= 4 is 69.8 Å². The second kappa shape index (κ2) is 17.3. The molecule has 17 heteroatoms. The minimum atomic E-state index is -0.896. The van der Waals surface area contributed by atoms with E-state index in [0.717, 1.165) is 25.0 Å². The third-order valence-corrected chi connectivity index (χ3v) is 11.6. The quantitative estimate of drug-likeness (QED) is 0.139. The number of nitrogens with zero attached hydrogens (tertiary/aromatic N) is 4. The average Bonchev–Trinajstić information content (AvgIpc) is 3.85. The Bertz CT molecular complexity index is 2050. The number of amides is 3. The Morgan fingerprint density at radius 3 is 2.28 bits per heavy atom. The van der Waals surface area contributed by atoms with Crippen molar-refractivity contribution in [2.24, 2.45) is 0 Å². The predicted octanol–water partition coefficient (Wildman–Crippen LogP) is 9.55. The third kappa shape index (κ3) is 10.3. The standard InChI is InChI=1S/C40H45Cl3F2N4O7S/c1-39(2,3)55-37(51)47-19-24-16-25(30-17-46-31(57-30)21-53-14-15-54-35-28(45)13-12-27(44)34(35)43)32(29(20-47)49(24)38(52)56-40(4,5)6)36(50)48(23-10-11-23)18-22-8-7-9-26(41)33(22)42/h7-9,12-13,17,23-24,29H,10-11,14-16,18-21H2,1-6H3/t24?,29-/m1/s1. The Labute approximate surface area is 349 Å². The lowest BCUT2D eigenvalue weighted by atomic mass is 9.83. The lowest BCUT2D eigenvalue weighted by Crippen LogP contribution is -2.66. The number of ether oxygens (including phenoxy) is 4. The van der Waals surface area contributed by atoms with E-state index in [1.165, 1.54) is 11.3 Å². The Balaban J connectivity index is 1.34. The molecule has 1 saturated carbocycles. The molecule has 2 atom stereocenters. The van der Waals surface area contributed by atoms with Crippen LogP contribution in [0.25, 0.3) is 5.57 Å². The summed E-state index contributed by atoms with van der Waals surface area (Å²) in [5.74, 6) is -2.30. The highest BCUT2D eigenvalue weighted by atomic mass is 35.5. The van der Waals surface area contributed by atoms with E-state index in [0.29, 0.717) is 36.6 Å². The van der Waals surface area contributed by atoms with E-state index in [9.17, 15) is 18.4 Å². The van der Waals surface area contributed by atoms with E-state index < -0.39 is 57.9 Å². The second-order valence-corrected chi connectivity index (χ2v) is 18.4. The molecule has 1 saturated heterocycles. The molecule has 2 fully saturated rings. The van der Waals surface area contributed by atoms with Crippen molar-refractivity contribution in [2.45, 2.75) is 103 Å². The number of aromatic nitrogens is 1. The van der Waals surface area contributed by atoms with Gasteiger partial charge in [0.05, 0.1) is 40.2 Å². The molecule has 0 N–H and O–H groups in total. The van der Waals surface area contributed by atoms with Crippen LogP contribution in [0.2, 0.25) is 15.1 Å². The molecule has 3 aromatic rings. The zero-order chi connectivity index (χ0) is 41.4. The topological polar surface area (TPSA) is 111 Å². The molecule has 2 aromatic carbocycles. The van der Waals surface area contributed by atoms with Gasteiger partial charge in [-0.15, -0.1) is 11.3 Å². The highest BCUT2D eigenvalue weighted by Gasteiger charge is 2.51. The maximum absolute atomic E-state index is 15.2. The zero-order valence-corrected chi connectivity index (χ0v) is 35.6. The number of halogens is 5. The molecule has 2 aliphatic heterocycles. The number of piperazine rings is 1. The summed E-state index contributed by atoms with van der Waals surface area (Å²) in [4.78, 5) is 53.1. The maximum Gasteiger partial charge on any atom is 0.411 e. The molecule has 6 rings (SSSR count). The van der Waals surface area contributed by atoms with Crippen molar-refractivity contribution in [1.29, 1.82) is 0 Å². The third-order valence-electron chi connectivity index (χ3n) is 9.31. The first-order chi connectivity index (χ1) is 26.8. The first kappa shape index (κ1) is 42.9. The summed E-state index contributed by atoms with van der Waals surface area (Å²) in [6.45, 7) is 10.9. The SMILES string of the molecule is CC(C)(C)OC(=O)N1CC2CC(c3cnc(COCCOc4c(F)ccc(F)c4Cl)s3)=C(C(=O)N(Cc3cccc(Cl)c3Cl)C3CC3)[C@@H](C1)N2C(=O)OC(C)(C)C. The van der Waals surface area contributed by atoms with E-state index in [1.54, 1.807) is 74.6 Å². The fraction of sp³-hybridized carbons (Fsp3) is 0.500. The van der Waals surface area contributed by atoms with Gasteiger partial charge in [-0.1, -0.05) is 46.9 Å². The van der Waals surface area contributed by atoms with Crippen molar-refractivity contribution in [3.8, 4) is 5.75 Å². The molecule has 57 heavy (non-hydrogen) atoms. The molecular weight excluding hydrogens is 825 g/mol. The van der Waals surface area contributed by atoms with Crippen molar-refractivity contribution < 1.29 is 42.1 Å². The van der Waals surface area contributed by atoms with Gasteiger partial charge in [0.1, 0.15) is 33.7 Å². The molecular formula is C40H45Cl3F2N4O7S. The van der Waals surface area contributed by atoms with Gasteiger partial charge in [-0.2, -0.15) is 0 Å². The minimum absolute atomic E-state index is 0.0175. The zero-order valence-electron chi connectivity index (χ0n) is 32.5. The number of hydrogen-bond donors (Lipinski definition) is 0. The van der Waals surface area contributed by atoms with Gasteiger partial charge in [-0.05, 0) is 90.1 Å². The monoisotopic (exact) mass is 868 g/mol. The van der Waals surface area contributed by atoms with E-state index in [2.05, 4.69) is 4.98 Å². The number of thiazole rings is 1. The van der Waals surface area contributed by atoms with Crippen molar-refractivity contribution in [1.82, 2.24) is 19.7 Å². The number of rotatable bonds is 11. The van der Waals surface area contributed by atoms with E-state index in [4.69, 9.17) is 53.8 Å². The van der Waals surface area contributed by atoms with Crippen LogP contribution in [0.4, 0.5) is 18.4 Å². The molecule has 0 radical (unpaired) electrons. The first-order valence-corrected chi connectivity index (χ1v) is 20.5. The van der Waals surface area contributed by atoms with Gasteiger partial charge < -0.3 is 28.7 Å². The Morgan fingerprint density at radius 2 is 1.60 bits per heavy atom. The summed E-state index contributed by atoms with van der Waals surface area (Å²) >= 11 is 20.2. The molecule has 3 heterocycles. The van der Waals surface area contributed by atoms with Crippen LogP contribution in [0.5, 0.6) is 5.75 Å². The molecule has 1 unspecified atom stereocenters. The van der Waals surface area contributed by atoms with E-state index in [-0.39, 0.29) is 57.8 Å². The van der Waals surface area contributed by atoms with Gasteiger partial charge in [0.15, 0.2) is 11.6 Å². The van der Waals surface area contributed by atoms with Crippen molar-refractivity contribution in [3.63, 3.8) is 0 Å².